The number of allylic oxidation sites excluding steroid dienone is 18. The van der Waals surface area contributed by atoms with Crippen LogP contribution in [0.5, 0.6) is 0 Å². The topological polar surface area (TPSA) is 78.9 Å². The maximum absolute atomic E-state index is 12.9. The summed E-state index contributed by atoms with van der Waals surface area (Å²) in [6, 6.07) is 0. The minimum Gasteiger partial charge on any atom is -0.462 e. The van der Waals surface area contributed by atoms with E-state index in [1.165, 1.54) is 89.9 Å². The van der Waals surface area contributed by atoms with Crippen molar-refractivity contribution in [2.45, 2.75) is 258 Å². The third-order valence-corrected chi connectivity index (χ3v) is 11.8. The van der Waals surface area contributed by atoms with Crippen LogP contribution in [-0.2, 0) is 28.6 Å². The molecule has 0 saturated heterocycles. The van der Waals surface area contributed by atoms with Gasteiger partial charge in [0.15, 0.2) is 6.10 Å². The molecule has 0 fully saturated rings. The van der Waals surface area contributed by atoms with Crippen molar-refractivity contribution in [3.05, 3.63) is 109 Å². The average Bonchev–Trinajstić information content (AvgIpc) is 3.35. The van der Waals surface area contributed by atoms with Gasteiger partial charge in [0.1, 0.15) is 13.2 Å². The Morgan fingerprint density at radius 3 is 0.971 bits per heavy atom. The number of hydrogen-bond donors (Lipinski definition) is 0. The summed E-state index contributed by atoms with van der Waals surface area (Å²) in [6.45, 7) is 6.34. The molecule has 392 valence electrons. The van der Waals surface area contributed by atoms with Crippen LogP contribution in [0.15, 0.2) is 109 Å². The molecule has 69 heavy (non-hydrogen) atoms. The van der Waals surface area contributed by atoms with Crippen molar-refractivity contribution < 1.29 is 28.6 Å². The van der Waals surface area contributed by atoms with E-state index in [0.29, 0.717) is 19.3 Å². The van der Waals surface area contributed by atoms with Crippen molar-refractivity contribution in [1.29, 1.82) is 0 Å². The van der Waals surface area contributed by atoms with Gasteiger partial charge in [-0.2, -0.15) is 0 Å². The first-order chi connectivity index (χ1) is 34.0. The predicted octanol–water partition coefficient (Wildman–Crippen LogP) is 19.1. The van der Waals surface area contributed by atoms with Gasteiger partial charge in [0.2, 0.25) is 0 Å². The maximum atomic E-state index is 12.9. The fourth-order valence-corrected chi connectivity index (χ4v) is 7.56. The molecule has 0 aliphatic carbocycles. The van der Waals surface area contributed by atoms with Gasteiger partial charge in [0, 0.05) is 19.3 Å². The van der Waals surface area contributed by atoms with E-state index in [9.17, 15) is 14.4 Å². The van der Waals surface area contributed by atoms with Gasteiger partial charge in [0.25, 0.3) is 0 Å². The lowest BCUT2D eigenvalue weighted by Gasteiger charge is -2.18. The lowest BCUT2D eigenvalue weighted by Crippen LogP contribution is -2.30. The van der Waals surface area contributed by atoms with Gasteiger partial charge >= 0.3 is 17.9 Å². The molecule has 0 aromatic rings. The molecule has 0 N–H and O–H groups in total. The van der Waals surface area contributed by atoms with Crippen LogP contribution < -0.4 is 0 Å². The predicted molar refractivity (Wildman–Crippen MR) is 297 cm³/mol. The Hall–Kier alpha value is -3.93. The number of hydrogen-bond acceptors (Lipinski definition) is 6. The first-order valence-corrected chi connectivity index (χ1v) is 28.4. The normalized spacial score (nSPS) is 12.9. The van der Waals surface area contributed by atoms with Crippen LogP contribution in [0, 0.1) is 0 Å². The fraction of sp³-hybridized carbons (Fsp3) is 0.667. The molecule has 0 heterocycles. The highest BCUT2D eigenvalue weighted by Crippen LogP contribution is 2.14. The Bertz CT molecular complexity index is 1420. The Balaban J connectivity index is 4.46. The largest absolute Gasteiger partial charge is 0.462 e. The van der Waals surface area contributed by atoms with Gasteiger partial charge in [-0.3, -0.25) is 14.4 Å². The van der Waals surface area contributed by atoms with E-state index in [1.807, 2.05) is 6.08 Å². The standard InChI is InChI=1S/C63H104O6/c1-4-7-10-13-16-19-22-25-27-29-31-33-35-38-41-44-47-50-53-56-62(65)68-59-60(58-67-61(64)55-52-49-46-43-40-37-24-21-18-15-12-9-6-3)69-63(66)57-54-51-48-45-42-39-36-34-32-30-28-26-23-20-17-14-11-8-5-2/h7-8,10-11,16-17,19-20,25-28,31,33,37,40,46,49,60H,4-6,9,12-15,18,21-24,29-30,32,34-36,38-39,41-45,47-48,50-59H2,1-3H3/b10-7+,11-8+,19-16+,20-17+,27-25+,28-26+,33-31+,40-37+,49-46+. The molecule has 0 bridgehead atoms. The zero-order valence-corrected chi connectivity index (χ0v) is 44.8. The number of unbranched alkanes of at least 4 members (excludes halogenated alkanes) is 21. The summed E-state index contributed by atoms with van der Waals surface area (Å²) in [5.41, 5.74) is 0. The molecule has 1 atom stereocenters. The third-order valence-electron chi connectivity index (χ3n) is 11.8. The van der Waals surface area contributed by atoms with Crippen LogP contribution in [0.1, 0.15) is 252 Å². The van der Waals surface area contributed by atoms with Gasteiger partial charge in [-0.05, 0) is 109 Å². The molecule has 0 radical (unpaired) electrons. The molecule has 0 saturated carbocycles. The van der Waals surface area contributed by atoms with Crippen LogP contribution in [0.3, 0.4) is 0 Å². The van der Waals surface area contributed by atoms with E-state index >= 15 is 0 Å². The second kappa shape index (κ2) is 56.7. The first kappa shape index (κ1) is 65.1. The summed E-state index contributed by atoms with van der Waals surface area (Å²) in [6.07, 6.45) is 76.6. The van der Waals surface area contributed by atoms with Crippen molar-refractivity contribution in [3.8, 4) is 0 Å². The van der Waals surface area contributed by atoms with E-state index in [4.69, 9.17) is 14.2 Å². The van der Waals surface area contributed by atoms with E-state index < -0.39 is 6.10 Å². The lowest BCUT2D eigenvalue weighted by atomic mass is 10.1. The van der Waals surface area contributed by atoms with Gasteiger partial charge in [-0.1, -0.05) is 233 Å². The van der Waals surface area contributed by atoms with Gasteiger partial charge in [0.05, 0.1) is 0 Å². The molecule has 6 nitrogen and oxygen atoms in total. The van der Waals surface area contributed by atoms with Crippen LogP contribution in [0.4, 0.5) is 0 Å². The van der Waals surface area contributed by atoms with E-state index in [-0.39, 0.29) is 37.5 Å². The van der Waals surface area contributed by atoms with E-state index in [1.54, 1.807) is 0 Å². The summed E-state index contributed by atoms with van der Waals surface area (Å²) in [7, 11) is 0. The number of ether oxygens (including phenoxy) is 3. The zero-order valence-electron chi connectivity index (χ0n) is 44.8. The molecule has 0 rings (SSSR count). The summed E-state index contributed by atoms with van der Waals surface area (Å²) >= 11 is 0. The van der Waals surface area contributed by atoms with Crippen LogP contribution >= 0.6 is 0 Å². The third kappa shape index (κ3) is 54.9. The Morgan fingerprint density at radius 1 is 0.304 bits per heavy atom. The average molecular weight is 958 g/mol. The molecule has 0 spiro atoms. The van der Waals surface area contributed by atoms with Crippen molar-refractivity contribution in [1.82, 2.24) is 0 Å². The Kier molecular flexibility index (Phi) is 53.4. The number of rotatable bonds is 50. The molecule has 0 aromatic carbocycles. The molecule has 0 amide bonds. The van der Waals surface area contributed by atoms with Crippen molar-refractivity contribution in [2.24, 2.45) is 0 Å². The first-order valence-electron chi connectivity index (χ1n) is 28.4. The quantitative estimate of drug-likeness (QED) is 0.0262. The Labute approximate surface area is 425 Å². The summed E-state index contributed by atoms with van der Waals surface area (Å²) in [5.74, 6) is -0.995. The molecule has 0 aliphatic heterocycles. The van der Waals surface area contributed by atoms with Crippen LogP contribution in [0.25, 0.3) is 0 Å². The fourth-order valence-electron chi connectivity index (χ4n) is 7.56. The van der Waals surface area contributed by atoms with E-state index in [2.05, 4.69) is 124 Å². The number of esters is 3. The van der Waals surface area contributed by atoms with Gasteiger partial charge in [-0.25, -0.2) is 0 Å². The van der Waals surface area contributed by atoms with E-state index in [0.717, 1.165) is 116 Å². The minimum absolute atomic E-state index is 0.106. The van der Waals surface area contributed by atoms with Crippen molar-refractivity contribution >= 4 is 17.9 Å². The highest BCUT2D eigenvalue weighted by atomic mass is 16.6. The monoisotopic (exact) mass is 957 g/mol. The summed E-state index contributed by atoms with van der Waals surface area (Å²) < 4.78 is 16.8. The molecular weight excluding hydrogens is 853 g/mol. The maximum Gasteiger partial charge on any atom is 0.306 e. The second-order valence-electron chi connectivity index (χ2n) is 18.4. The molecule has 0 aromatic heterocycles. The molecule has 6 heteroatoms. The van der Waals surface area contributed by atoms with Crippen molar-refractivity contribution in [2.75, 3.05) is 13.2 Å². The van der Waals surface area contributed by atoms with Gasteiger partial charge in [-0.15, -0.1) is 0 Å². The smallest absolute Gasteiger partial charge is 0.306 e. The number of carbonyl (C=O) groups is 3. The highest BCUT2D eigenvalue weighted by Gasteiger charge is 2.19. The molecule has 0 aliphatic rings. The number of carbonyl (C=O) groups excluding carboxylic acids is 3. The lowest BCUT2D eigenvalue weighted by molar-refractivity contribution is -0.166. The minimum atomic E-state index is -0.812. The molecular formula is C63H104O6. The summed E-state index contributed by atoms with van der Waals surface area (Å²) in [4.78, 5) is 38.1. The summed E-state index contributed by atoms with van der Waals surface area (Å²) in [5, 5.41) is 0. The van der Waals surface area contributed by atoms with Crippen LogP contribution in [0.2, 0.25) is 0 Å². The molecule has 1 unspecified atom stereocenters. The SMILES string of the molecule is CC/C=C/C/C=C/C/C=C/C/C=C/CCCCCCCCC(=O)OCC(COC(=O)CC/C=C/C/C=C/CCCCCCCC)OC(=O)CCCCCCCCCCC/C=C/C/C=C/C/C=C/CC. The zero-order chi connectivity index (χ0) is 50.0. The van der Waals surface area contributed by atoms with Gasteiger partial charge < -0.3 is 14.2 Å². The second-order valence-corrected chi connectivity index (χ2v) is 18.4. The van der Waals surface area contributed by atoms with Crippen molar-refractivity contribution in [3.63, 3.8) is 0 Å². The highest BCUT2D eigenvalue weighted by molar-refractivity contribution is 5.71. The Morgan fingerprint density at radius 2 is 0.594 bits per heavy atom. The van der Waals surface area contributed by atoms with Crippen LogP contribution in [-0.4, -0.2) is 37.2 Å².